The second-order valence-corrected chi connectivity index (χ2v) is 20.7. The lowest BCUT2D eigenvalue weighted by atomic mass is 9.63. The summed E-state index contributed by atoms with van der Waals surface area (Å²) in [6, 6.07) is 60.3. The van der Waals surface area contributed by atoms with Crippen LogP contribution in [0.1, 0.15) is 126 Å². The van der Waals surface area contributed by atoms with E-state index in [0.29, 0.717) is 0 Å². The lowest BCUT2D eigenvalue weighted by molar-refractivity contribution is 0.556. The minimum atomic E-state index is -0.577. The molecule has 296 valence electrons. The third-order valence-corrected chi connectivity index (χ3v) is 13.4. The second-order valence-electron chi connectivity index (χ2n) is 20.7. The van der Waals surface area contributed by atoms with Crippen LogP contribution in [0.15, 0.2) is 158 Å². The molecule has 59 heavy (non-hydrogen) atoms. The minimum Gasteiger partial charge on any atom is -0.310 e. The summed E-state index contributed by atoms with van der Waals surface area (Å²) in [4.78, 5) is 2.54. The third-order valence-electron chi connectivity index (χ3n) is 13.4. The van der Waals surface area contributed by atoms with Crippen LogP contribution in [0.5, 0.6) is 0 Å². The maximum absolute atomic E-state index is 2.55. The molecular formula is C58H59N. The van der Waals surface area contributed by atoms with Crippen molar-refractivity contribution in [2.75, 3.05) is 4.90 Å². The number of rotatable bonds is 5. The summed E-state index contributed by atoms with van der Waals surface area (Å²) in [5.74, 6) is 0. The van der Waals surface area contributed by atoms with Gasteiger partial charge in [-0.05, 0) is 113 Å². The molecule has 0 saturated carbocycles. The highest BCUT2D eigenvalue weighted by atomic mass is 15.1. The standard InChI is InChI=1S/C58H59N/c1-54(2,3)39-24-20-25-40(34-39)58(38-22-14-12-15-23-38)48-30-21-31-51(52(48)46-35-41(55(4,5)6)36-50(53(46)58)56(7,8)9)59(42-26-16-13-17-27-42)43-32-33-45-44-28-18-19-29-47(44)57(10,11)49(45)37-43/h12-37H,1-11H3. The Balaban J connectivity index is 1.44. The van der Waals surface area contributed by atoms with E-state index in [2.05, 4.69) is 239 Å². The molecule has 2 aliphatic rings. The van der Waals surface area contributed by atoms with E-state index in [-0.39, 0.29) is 21.7 Å². The Kier molecular flexibility index (Phi) is 8.84. The molecule has 0 fully saturated rings. The summed E-state index contributed by atoms with van der Waals surface area (Å²) < 4.78 is 0. The molecule has 2 aliphatic carbocycles. The highest BCUT2D eigenvalue weighted by Crippen LogP contribution is 2.62. The maximum atomic E-state index is 2.55. The van der Waals surface area contributed by atoms with E-state index >= 15 is 0 Å². The number of para-hydroxylation sites is 1. The molecule has 1 unspecified atom stereocenters. The van der Waals surface area contributed by atoms with Crippen molar-refractivity contribution in [3.63, 3.8) is 0 Å². The van der Waals surface area contributed by atoms with Crippen molar-refractivity contribution in [3.8, 4) is 22.3 Å². The Labute approximate surface area is 353 Å². The first-order valence-electron chi connectivity index (χ1n) is 21.5. The van der Waals surface area contributed by atoms with Crippen LogP contribution < -0.4 is 4.90 Å². The Morgan fingerprint density at radius 3 is 1.68 bits per heavy atom. The fraction of sp³-hybridized carbons (Fsp3) is 0.276. The van der Waals surface area contributed by atoms with Gasteiger partial charge in [-0.15, -0.1) is 0 Å². The SMILES string of the molecule is CC(C)(C)c1cccc(C2(c3ccccc3)c3cccc(N(c4ccccc4)c4ccc5c(c4)C(C)(C)c4ccccc4-5)c3-c3cc(C(C)(C)C)cc(C(C)(C)C)c32)c1. The summed E-state index contributed by atoms with van der Waals surface area (Å²) >= 11 is 0. The van der Waals surface area contributed by atoms with Crippen LogP contribution in [0.25, 0.3) is 22.3 Å². The first-order chi connectivity index (χ1) is 27.9. The van der Waals surface area contributed by atoms with Gasteiger partial charge in [-0.3, -0.25) is 0 Å². The molecule has 0 aromatic heterocycles. The highest BCUT2D eigenvalue weighted by molar-refractivity contribution is 5.99. The number of hydrogen-bond acceptors (Lipinski definition) is 1. The zero-order valence-electron chi connectivity index (χ0n) is 37.0. The van der Waals surface area contributed by atoms with E-state index in [4.69, 9.17) is 0 Å². The molecule has 0 saturated heterocycles. The lowest BCUT2D eigenvalue weighted by Crippen LogP contribution is -2.33. The molecule has 0 spiro atoms. The number of anilines is 3. The molecule has 0 N–H and O–H groups in total. The van der Waals surface area contributed by atoms with Crippen LogP contribution in [0.2, 0.25) is 0 Å². The number of hydrogen-bond donors (Lipinski definition) is 0. The van der Waals surface area contributed by atoms with Gasteiger partial charge in [0.1, 0.15) is 0 Å². The zero-order valence-corrected chi connectivity index (χ0v) is 37.0. The summed E-state index contributed by atoms with van der Waals surface area (Å²) in [6.07, 6.45) is 0. The molecule has 9 rings (SSSR count). The van der Waals surface area contributed by atoms with E-state index in [1.165, 1.54) is 83.7 Å². The molecular weight excluding hydrogens is 711 g/mol. The summed E-state index contributed by atoms with van der Waals surface area (Å²) in [5, 5.41) is 0. The Hall–Kier alpha value is -5.66. The van der Waals surface area contributed by atoms with Gasteiger partial charge in [0.15, 0.2) is 0 Å². The van der Waals surface area contributed by atoms with Crippen molar-refractivity contribution in [2.45, 2.75) is 103 Å². The van der Waals surface area contributed by atoms with Gasteiger partial charge in [0.2, 0.25) is 0 Å². The van der Waals surface area contributed by atoms with Gasteiger partial charge < -0.3 is 4.90 Å². The van der Waals surface area contributed by atoms with Gasteiger partial charge in [-0.25, -0.2) is 0 Å². The van der Waals surface area contributed by atoms with Gasteiger partial charge in [0.05, 0.1) is 11.1 Å². The lowest BCUT2D eigenvalue weighted by Gasteiger charge is -2.39. The average molecular weight is 770 g/mol. The highest BCUT2D eigenvalue weighted by Gasteiger charge is 2.51. The van der Waals surface area contributed by atoms with E-state index in [0.717, 1.165) is 5.69 Å². The van der Waals surface area contributed by atoms with Gasteiger partial charge in [0, 0.05) is 22.4 Å². The fourth-order valence-corrected chi connectivity index (χ4v) is 10.2. The quantitative estimate of drug-likeness (QED) is 0.169. The third kappa shape index (κ3) is 6.03. The van der Waals surface area contributed by atoms with Crippen molar-refractivity contribution in [1.29, 1.82) is 0 Å². The number of fused-ring (bicyclic) bond motifs is 6. The Bertz CT molecular complexity index is 2730. The second kappa shape index (κ2) is 13.4. The van der Waals surface area contributed by atoms with Crippen LogP contribution in [0, 0.1) is 0 Å². The van der Waals surface area contributed by atoms with Crippen LogP contribution in [0.3, 0.4) is 0 Å². The van der Waals surface area contributed by atoms with Crippen LogP contribution in [-0.2, 0) is 27.1 Å². The summed E-state index contributed by atoms with van der Waals surface area (Å²) in [7, 11) is 0. The smallest absolute Gasteiger partial charge is 0.0717 e. The molecule has 1 heteroatoms. The molecule has 1 atom stereocenters. The van der Waals surface area contributed by atoms with Gasteiger partial charge in [-0.1, -0.05) is 204 Å². The molecule has 0 amide bonds. The van der Waals surface area contributed by atoms with Crippen molar-refractivity contribution in [2.24, 2.45) is 0 Å². The average Bonchev–Trinajstić information content (AvgIpc) is 3.64. The molecule has 7 aromatic rings. The molecule has 0 bridgehead atoms. The van der Waals surface area contributed by atoms with Gasteiger partial charge in [0.25, 0.3) is 0 Å². The largest absolute Gasteiger partial charge is 0.310 e. The fourth-order valence-electron chi connectivity index (χ4n) is 10.2. The van der Waals surface area contributed by atoms with Crippen LogP contribution in [-0.4, -0.2) is 0 Å². The Morgan fingerprint density at radius 2 is 1.00 bits per heavy atom. The van der Waals surface area contributed by atoms with Crippen LogP contribution in [0.4, 0.5) is 17.1 Å². The van der Waals surface area contributed by atoms with Gasteiger partial charge >= 0.3 is 0 Å². The van der Waals surface area contributed by atoms with E-state index in [1.807, 2.05) is 0 Å². The normalized spacial score (nSPS) is 16.6. The van der Waals surface area contributed by atoms with E-state index in [1.54, 1.807) is 0 Å². The topological polar surface area (TPSA) is 3.24 Å². The monoisotopic (exact) mass is 769 g/mol. The molecule has 0 aliphatic heterocycles. The molecule has 7 aromatic carbocycles. The van der Waals surface area contributed by atoms with Crippen molar-refractivity contribution >= 4 is 17.1 Å². The molecule has 1 nitrogen and oxygen atoms in total. The number of nitrogens with zero attached hydrogens (tertiary/aromatic N) is 1. The van der Waals surface area contributed by atoms with Crippen molar-refractivity contribution < 1.29 is 0 Å². The first kappa shape index (κ1) is 38.8. The first-order valence-corrected chi connectivity index (χ1v) is 21.5. The van der Waals surface area contributed by atoms with Crippen molar-refractivity contribution in [1.82, 2.24) is 0 Å². The summed E-state index contributed by atoms with van der Waals surface area (Å²) in [6.45, 7) is 26.1. The van der Waals surface area contributed by atoms with E-state index < -0.39 is 5.41 Å². The predicted molar refractivity (Wildman–Crippen MR) is 252 cm³/mol. The van der Waals surface area contributed by atoms with E-state index in [9.17, 15) is 0 Å². The summed E-state index contributed by atoms with van der Waals surface area (Å²) in [5.41, 5.74) is 20.1. The predicted octanol–water partition coefficient (Wildman–Crippen LogP) is 15.7. The maximum Gasteiger partial charge on any atom is 0.0717 e. The number of benzene rings is 7. The van der Waals surface area contributed by atoms with Crippen molar-refractivity contribution in [3.05, 3.63) is 208 Å². The minimum absolute atomic E-state index is 0.0198. The zero-order chi connectivity index (χ0) is 41.7. The van der Waals surface area contributed by atoms with Gasteiger partial charge in [-0.2, -0.15) is 0 Å². The van der Waals surface area contributed by atoms with Crippen LogP contribution >= 0.6 is 0 Å². The molecule has 0 heterocycles. The Morgan fingerprint density at radius 1 is 0.407 bits per heavy atom. The molecule has 0 radical (unpaired) electrons.